The topological polar surface area (TPSA) is 77.4 Å². The van der Waals surface area contributed by atoms with Gasteiger partial charge in [-0.05, 0) is 62.1 Å². The SMILES string of the molecule is CC(C)(O)C(C)(C)O[B]c1ccc2c(c1)C1(c3ccccc3Oc3ccccc31)c1cccc(-c3nc(-c4ccccc4)nc(-c4ccccc4)n3)c1-2. The normalized spacial score (nSPS) is 13.8. The van der Waals surface area contributed by atoms with Gasteiger partial charge in [0.2, 0.25) is 0 Å². The Morgan fingerprint density at radius 3 is 1.66 bits per heavy atom. The Bertz CT molecular complexity index is 2410. The number of fused-ring (bicyclic) bond motifs is 9. The molecule has 0 unspecified atom stereocenters. The molecule has 6 aromatic carbocycles. The molecule has 2 aliphatic rings. The monoisotopic (exact) mass is 690 g/mol. The van der Waals surface area contributed by atoms with Crippen LogP contribution in [0.2, 0.25) is 0 Å². The molecule has 0 saturated heterocycles. The number of rotatable bonds is 7. The van der Waals surface area contributed by atoms with Gasteiger partial charge in [-0.15, -0.1) is 0 Å². The second-order valence-corrected chi connectivity index (χ2v) is 14.7. The van der Waals surface area contributed by atoms with Crippen molar-refractivity contribution >= 4 is 12.9 Å². The average molecular weight is 691 g/mol. The summed E-state index contributed by atoms with van der Waals surface area (Å²) in [7, 11) is 1.76. The van der Waals surface area contributed by atoms with Crippen LogP contribution in [0.5, 0.6) is 11.5 Å². The summed E-state index contributed by atoms with van der Waals surface area (Å²) in [6.07, 6.45) is 0. The highest BCUT2D eigenvalue weighted by atomic mass is 16.5. The van der Waals surface area contributed by atoms with Crippen molar-refractivity contribution in [2.24, 2.45) is 0 Å². The molecule has 1 N–H and O–H groups in total. The molecule has 0 saturated carbocycles. The second-order valence-electron chi connectivity index (χ2n) is 14.7. The van der Waals surface area contributed by atoms with E-state index in [9.17, 15) is 5.11 Å². The molecule has 1 aromatic heterocycles. The van der Waals surface area contributed by atoms with Gasteiger partial charge in [-0.1, -0.05) is 139 Å². The molecule has 0 amide bonds. The molecular formula is C46H37BN3O3. The summed E-state index contributed by atoms with van der Waals surface area (Å²) in [5, 5.41) is 10.9. The number of nitrogens with zero attached hydrogens (tertiary/aromatic N) is 3. The molecule has 9 rings (SSSR count). The third-order valence-electron chi connectivity index (χ3n) is 10.9. The maximum absolute atomic E-state index is 10.9. The van der Waals surface area contributed by atoms with Crippen LogP contribution in [0, 0.1) is 0 Å². The minimum atomic E-state index is -1.06. The van der Waals surface area contributed by atoms with Gasteiger partial charge >= 0.3 is 7.48 Å². The van der Waals surface area contributed by atoms with E-state index in [1.165, 1.54) is 0 Å². The molecule has 2 heterocycles. The van der Waals surface area contributed by atoms with E-state index in [4.69, 9.17) is 24.3 Å². The van der Waals surface area contributed by atoms with Crippen LogP contribution < -0.4 is 10.2 Å². The van der Waals surface area contributed by atoms with Crippen molar-refractivity contribution in [3.63, 3.8) is 0 Å². The fourth-order valence-electron chi connectivity index (χ4n) is 7.51. The summed E-state index contributed by atoms with van der Waals surface area (Å²) in [4.78, 5) is 15.3. The van der Waals surface area contributed by atoms with Gasteiger partial charge < -0.3 is 14.5 Å². The van der Waals surface area contributed by atoms with Crippen molar-refractivity contribution in [3.8, 4) is 56.8 Å². The third kappa shape index (κ3) is 5.30. The van der Waals surface area contributed by atoms with Gasteiger partial charge in [-0.25, -0.2) is 15.0 Å². The quantitative estimate of drug-likeness (QED) is 0.168. The molecule has 257 valence electrons. The van der Waals surface area contributed by atoms with Crippen molar-refractivity contribution in [3.05, 3.63) is 168 Å². The highest BCUT2D eigenvalue weighted by Crippen LogP contribution is 2.63. The minimum absolute atomic E-state index is 0.595. The maximum Gasteiger partial charge on any atom is 0.330 e. The Hall–Kier alpha value is -5.89. The molecule has 1 radical (unpaired) electrons. The Morgan fingerprint density at radius 2 is 1.08 bits per heavy atom. The lowest BCUT2D eigenvalue weighted by Gasteiger charge is -2.39. The number of aromatic nitrogens is 3. The van der Waals surface area contributed by atoms with E-state index >= 15 is 0 Å². The summed E-state index contributed by atoms with van der Waals surface area (Å²) < 4.78 is 12.9. The van der Waals surface area contributed by atoms with E-state index < -0.39 is 16.6 Å². The van der Waals surface area contributed by atoms with Gasteiger partial charge in [0.1, 0.15) is 11.5 Å². The lowest BCUT2D eigenvalue weighted by Crippen LogP contribution is -2.49. The smallest absolute Gasteiger partial charge is 0.330 e. The van der Waals surface area contributed by atoms with Crippen LogP contribution in [0.4, 0.5) is 0 Å². The molecule has 7 heteroatoms. The van der Waals surface area contributed by atoms with Crippen molar-refractivity contribution in [1.82, 2.24) is 15.0 Å². The van der Waals surface area contributed by atoms with E-state index in [1.807, 2.05) is 98.8 Å². The molecule has 53 heavy (non-hydrogen) atoms. The number of para-hydroxylation sites is 2. The van der Waals surface area contributed by atoms with Crippen LogP contribution >= 0.6 is 0 Å². The first-order chi connectivity index (χ1) is 25.6. The van der Waals surface area contributed by atoms with Crippen LogP contribution in [0.3, 0.4) is 0 Å². The lowest BCUT2D eigenvalue weighted by molar-refractivity contribution is -0.0893. The third-order valence-corrected chi connectivity index (χ3v) is 10.9. The number of ether oxygens (including phenoxy) is 1. The first-order valence-electron chi connectivity index (χ1n) is 17.9. The highest BCUT2D eigenvalue weighted by Gasteiger charge is 2.52. The largest absolute Gasteiger partial charge is 0.457 e. The minimum Gasteiger partial charge on any atom is -0.457 e. The van der Waals surface area contributed by atoms with Crippen molar-refractivity contribution in [1.29, 1.82) is 0 Å². The fraction of sp³-hybridized carbons (Fsp3) is 0.152. The summed E-state index contributed by atoms with van der Waals surface area (Å²) >= 11 is 0. The standard InChI is InChI=1S/C46H37BN3O3/c1-44(2,51)45(3,4)53-47-31-26-27-32-37(28-31)46(34-21-11-13-24-38(34)52-39-25-14-12-22-35(39)46)36-23-15-20-33(40(32)36)43-49-41(29-16-7-5-8-17-29)48-42(50-43)30-18-9-6-10-19-30/h5-28,51H,1-4H3. The average Bonchev–Trinajstić information content (AvgIpc) is 3.47. The van der Waals surface area contributed by atoms with Gasteiger partial charge in [-0.2, -0.15) is 0 Å². The number of hydrogen-bond donors (Lipinski definition) is 1. The summed E-state index contributed by atoms with van der Waals surface area (Å²) in [5.41, 5.74) is 7.46. The van der Waals surface area contributed by atoms with Crippen molar-refractivity contribution in [2.45, 2.75) is 44.3 Å². The van der Waals surface area contributed by atoms with Crippen LogP contribution in [0.15, 0.2) is 146 Å². The van der Waals surface area contributed by atoms with Gasteiger partial charge in [0.05, 0.1) is 16.6 Å². The van der Waals surface area contributed by atoms with Crippen LogP contribution in [-0.4, -0.2) is 38.7 Å². The molecule has 0 bridgehead atoms. The predicted molar refractivity (Wildman–Crippen MR) is 210 cm³/mol. The zero-order chi connectivity index (χ0) is 36.4. The van der Waals surface area contributed by atoms with E-state index in [1.54, 1.807) is 21.3 Å². The van der Waals surface area contributed by atoms with Gasteiger partial charge in [-0.3, -0.25) is 0 Å². The van der Waals surface area contributed by atoms with Crippen LogP contribution in [-0.2, 0) is 10.1 Å². The Balaban J connectivity index is 1.32. The number of benzene rings is 6. The Morgan fingerprint density at radius 1 is 0.547 bits per heavy atom. The Kier molecular flexibility index (Phi) is 7.70. The van der Waals surface area contributed by atoms with Crippen LogP contribution in [0.25, 0.3) is 45.3 Å². The zero-order valence-electron chi connectivity index (χ0n) is 30.0. The Labute approximate surface area is 310 Å². The van der Waals surface area contributed by atoms with Gasteiger partial charge in [0.25, 0.3) is 0 Å². The number of hydrogen-bond acceptors (Lipinski definition) is 6. The predicted octanol–water partition coefficient (Wildman–Crippen LogP) is 9.15. The first-order valence-corrected chi connectivity index (χ1v) is 17.9. The highest BCUT2D eigenvalue weighted by molar-refractivity contribution is 6.47. The number of aliphatic hydroxyl groups is 1. The summed E-state index contributed by atoms with van der Waals surface area (Å²) in [6, 6.07) is 49.7. The summed E-state index contributed by atoms with van der Waals surface area (Å²) in [5.74, 6) is 3.43. The van der Waals surface area contributed by atoms with E-state index in [-0.39, 0.29) is 0 Å². The fourth-order valence-corrected chi connectivity index (χ4v) is 7.51. The molecule has 1 spiro atoms. The second kappa shape index (κ2) is 12.4. The first kappa shape index (κ1) is 33.0. The van der Waals surface area contributed by atoms with Crippen molar-refractivity contribution < 1.29 is 14.5 Å². The molecule has 0 fully saturated rings. The lowest BCUT2D eigenvalue weighted by atomic mass is 9.65. The molecule has 7 aromatic rings. The maximum atomic E-state index is 10.9. The van der Waals surface area contributed by atoms with Crippen LogP contribution in [0.1, 0.15) is 49.9 Å². The molecule has 6 nitrogen and oxygen atoms in total. The molecule has 1 aliphatic heterocycles. The molecular weight excluding hydrogens is 653 g/mol. The van der Waals surface area contributed by atoms with Crippen molar-refractivity contribution in [2.75, 3.05) is 0 Å². The van der Waals surface area contributed by atoms with E-state index in [0.29, 0.717) is 17.5 Å². The van der Waals surface area contributed by atoms with Gasteiger partial charge in [0, 0.05) is 27.8 Å². The van der Waals surface area contributed by atoms with Gasteiger partial charge in [0.15, 0.2) is 17.5 Å². The van der Waals surface area contributed by atoms with E-state index in [2.05, 4.69) is 60.7 Å². The summed E-state index contributed by atoms with van der Waals surface area (Å²) in [6.45, 7) is 7.32. The zero-order valence-corrected chi connectivity index (χ0v) is 30.0. The molecule has 0 atom stereocenters. The molecule has 1 aliphatic carbocycles. The van der Waals surface area contributed by atoms with E-state index in [0.717, 1.165) is 67.0 Å².